The van der Waals surface area contributed by atoms with E-state index in [1.807, 2.05) is 13.8 Å². The van der Waals surface area contributed by atoms with Crippen LogP contribution >= 0.6 is 0 Å². The van der Waals surface area contributed by atoms with Gasteiger partial charge in [-0.05, 0) is 41.9 Å². The van der Waals surface area contributed by atoms with Crippen molar-refractivity contribution in [2.75, 3.05) is 0 Å². The van der Waals surface area contributed by atoms with Gasteiger partial charge in [0.25, 0.3) is 0 Å². The van der Waals surface area contributed by atoms with E-state index < -0.39 is 0 Å². The van der Waals surface area contributed by atoms with Crippen molar-refractivity contribution in [3.05, 3.63) is 0 Å². The summed E-state index contributed by atoms with van der Waals surface area (Å²) in [6.07, 6.45) is 1.59. The molecule has 0 N–H and O–H groups in total. The Morgan fingerprint density at radius 3 is 1.36 bits per heavy atom. The molecule has 4 bridgehead atoms. The molecule has 0 aliphatic heterocycles. The summed E-state index contributed by atoms with van der Waals surface area (Å²) in [6.45, 7) is 8.94. The summed E-state index contributed by atoms with van der Waals surface area (Å²) in [5.41, 5.74) is 0. The van der Waals surface area contributed by atoms with E-state index in [0.29, 0.717) is 0 Å². The van der Waals surface area contributed by atoms with Crippen molar-refractivity contribution >= 4 is 0 Å². The Morgan fingerprint density at radius 2 is 1.27 bits per heavy atom. The summed E-state index contributed by atoms with van der Waals surface area (Å²) in [6, 6.07) is 0. The molecule has 64 valence electrons. The van der Waals surface area contributed by atoms with Gasteiger partial charge in [0.15, 0.2) is 0 Å². The summed E-state index contributed by atoms with van der Waals surface area (Å²) >= 11 is 0. The SMILES string of the molecule is CC.CC1C2CC3C1C3C2C. The number of hydrogen-bond donors (Lipinski definition) is 0. The Morgan fingerprint density at radius 1 is 0.818 bits per heavy atom. The molecule has 0 heterocycles. The van der Waals surface area contributed by atoms with Gasteiger partial charge < -0.3 is 0 Å². The van der Waals surface area contributed by atoms with Crippen molar-refractivity contribution in [2.24, 2.45) is 35.5 Å². The van der Waals surface area contributed by atoms with E-state index in [-0.39, 0.29) is 0 Å². The van der Waals surface area contributed by atoms with E-state index >= 15 is 0 Å². The van der Waals surface area contributed by atoms with Gasteiger partial charge in [-0.3, -0.25) is 0 Å². The highest BCUT2D eigenvalue weighted by Gasteiger charge is 2.70. The quantitative estimate of drug-likeness (QED) is 0.500. The minimum absolute atomic E-state index is 1.11. The normalized spacial score (nSPS) is 62.2. The average Bonchev–Trinajstić information content (AvgIpc) is 2.42. The predicted molar refractivity (Wildman–Crippen MR) is 48.3 cm³/mol. The van der Waals surface area contributed by atoms with Gasteiger partial charge in [-0.1, -0.05) is 27.7 Å². The summed E-state index contributed by atoms with van der Waals surface area (Å²) in [7, 11) is 0. The predicted octanol–water partition coefficient (Wildman–Crippen LogP) is 3.18. The zero-order chi connectivity index (χ0) is 8.17. The molecule has 4 saturated carbocycles. The van der Waals surface area contributed by atoms with Crippen LogP contribution in [0.4, 0.5) is 0 Å². The third-order valence-corrected chi connectivity index (χ3v) is 4.40. The molecule has 0 aromatic heterocycles. The second kappa shape index (κ2) is 2.24. The Labute approximate surface area is 70.4 Å². The molecule has 0 saturated heterocycles. The van der Waals surface area contributed by atoms with Crippen molar-refractivity contribution in [1.29, 1.82) is 0 Å². The maximum Gasteiger partial charge on any atom is -0.0321 e. The molecule has 4 aliphatic carbocycles. The molecule has 0 heteroatoms. The van der Waals surface area contributed by atoms with E-state index in [1.54, 1.807) is 6.42 Å². The molecule has 0 nitrogen and oxygen atoms in total. The molecule has 0 aromatic rings. The molecular formula is C11H20. The lowest BCUT2D eigenvalue weighted by Crippen LogP contribution is -2.05. The van der Waals surface area contributed by atoms with Crippen LogP contribution in [0, 0.1) is 35.5 Å². The molecule has 4 rings (SSSR count). The number of hydrogen-bond acceptors (Lipinski definition) is 0. The van der Waals surface area contributed by atoms with Crippen LogP contribution in [0.1, 0.15) is 34.1 Å². The topological polar surface area (TPSA) is 0 Å². The lowest BCUT2D eigenvalue weighted by molar-refractivity contribution is 0.376. The van der Waals surface area contributed by atoms with Gasteiger partial charge >= 0.3 is 0 Å². The average molecular weight is 152 g/mol. The minimum Gasteiger partial charge on any atom is -0.0683 e. The first kappa shape index (κ1) is 7.64. The molecule has 4 atom stereocenters. The first-order valence-corrected chi connectivity index (χ1v) is 5.30. The molecule has 0 amide bonds. The van der Waals surface area contributed by atoms with E-state index in [9.17, 15) is 0 Å². The number of rotatable bonds is 0. The highest BCUT2D eigenvalue weighted by Crippen LogP contribution is 2.75. The second-order valence-electron chi connectivity index (χ2n) is 4.44. The van der Waals surface area contributed by atoms with E-state index in [4.69, 9.17) is 0 Å². The van der Waals surface area contributed by atoms with Gasteiger partial charge in [0.2, 0.25) is 0 Å². The van der Waals surface area contributed by atoms with Gasteiger partial charge in [0.1, 0.15) is 0 Å². The Hall–Kier alpha value is 0. The maximum absolute atomic E-state index is 2.47. The van der Waals surface area contributed by atoms with E-state index in [2.05, 4.69) is 13.8 Å². The lowest BCUT2D eigenvalue weighted by atomic mass is 9.94. The summed E-state index contributed by atoms with van der Waals surface area (Å²) < 4.78 is 0. The summed E-state index contributed by atoms with van der Waals surface area (Å²) in [4.78, 5) is 0. The van der Waals surface area contributed by atoms with Crippen molar-refractivity contribution in [3.8, 4) is 0 Å². The van der Waals surface area contributed by atoms with Gasteiger partial charge in [-0.2, -0.15) is 0 Å². The fourth-order valence-electron chi connectivity index (χ4n) is 4.02. The zero-order valence-corrected chi connectivity index (χ0v) is 8.17. The van der Waals surface area contributed by atoms with Crippen LogP contribution in [0.15, 0.2) is 0 Å². The molecule has 11 heavy (non-hydrogen) atoms. The highest BCUT2D eigenvalue weighted by atomic mass is 14.7. The molecule has 0 radical (unpaired) electrons. The monoisotopic (exact) mass is 152 g/mol. The van der Waals surface area contributed by atoms with Crippen LogP contribution in [-0.4, -0.2) is 0 Å². The van der Waals surface area contributed by atoms with Crippen LogP contribution in [0.5, 0.6) is 0 Å². The third kappa shape index (κ3) is 0.711. The fourth-order valence-corrected chi connectivity index (χ4v) is 4.02. The third-order valence-electron chi connectivity index (χ3n) is 4.40. The highest BCUT2D eigenvalue weighted by molar-refractivity contribution is 5.17. The minimum atomic E-state index is 1.11. The van der Waals surface area contributed by atoms with Crippen molar-refractivity contribution in [3.63, 3.8) is 0 Å². The lowest BCUT2D eigenvalue weighted by Gasteiger charge is -2.11. The molecule has 4 aliphatic rings. The van der Waals surface area contributed by atoms with Crippen LogP contribution < -0.4 is 0 Å². The smallest absolute Gasteiger partial charge is 0.0321 e. The summed E-state index contributed by atoms with van der Waals surface area (Å²) in [5.74, 6) is 6.96. The standard InChI is InChI=1S/C9H14.C2H6/c1-4-6-3-7-8(4)9(7)5(6)2;1-2/h4-9H,3H2,1-2H3;1-2H3. The van der Waals surface area contributed by atoms with Gasteiger partial charge in [0.05, 0.1) is 0 Å². The molecule has 4 unspecified atom stereocenters. The largest absolute Gasteiger partial charge is 0.0683 e. The fraction of sp³-hybridized carbons (Fsp3) is 1.00. The Balaban J connectivity index is 0.000000224. The Kier molecular flexibility index (Phi) is 1.56. The van der Waals surface area contributed by atoms with Crippen molar-refractivity contribution < 1.29 is 0 Å². The maximum atomic E-state index is 2.47. The Bertz CT molecular complexity index is 141. The summed E-state index contributed by atoms with van der Waals surface area (Å²) in [5, 5.41) is 0. The molecular weight excluding hydrogens is 132 g/mol. The van der Waals surface area contributed by atoms with Crippen molar-refractivity contribution in [2.45, 2.75) is 34.1 Å². The van der Waals surface area contributed by atoms with E-state index in [0.717, 1.165) is 17.8 Å². The second-order valence-corrected chi connectivity index (χ2v) is 4.44. The first-order valence-electron chi connectivity index (χ1n) is 5.30. The van der Waals surface area contributed by atoms with Crippen LogP contribution in [0.3, 0.4) is 0 Å². The van der Waals surface area contributed by atoms with Crippen LogP contribution in [0.25, 0.3) is 0 Å². The van der Waals surface area contributed by atoms with Crippen LogP contribution in [0.2, 0.25) is 0 Å². The van der Waals surface area contributed by atoms with Gasteiger partial charge in [-0.15, -0.1) is 0 Å². The van der Waals surface area contributed by atoms with Crippen molar-refractivity contribution in [1.82, 2.24) is 0 Å². The van der Waals surface area contributed by atoms with Crippen LogP contribution in [-0.2, 0) is 0 Å². The van der Waals surface area contributed by atoms with Gasteiger partial charge in [-0.25, -0.2) is 0 Å². The molecule has 4 fully saturated rings. The zero-order valence-electron chi connectivity index (χ0n) is 8.17. The first-order chi connectivity index (χ1) is 5.30. The molecule has 0 aromatic carbocycles. The molecule has 0 spiro atoms. The van der Waals surface area contributed by atoms with E-state index in [1.165, 1.54) is 17.8 Å². The van der Waals surface area contributed by atoms with Gasteiger partial charge in [0, 0.05) is 0 Å².